The predicted molar refractivity (Wildman–Crippen MR) is 73.9 cm³/mol. The molecule has 1 aliphatic rings. The Morgan fingerprint density at radius 2 is 1.60 bits per heavy atom. The van der Waals surface area contributed by atoms with Crippen LogP contribution in [0.25, 0.3) is 11.1 Å². The van der Waals surface area contributed by atoms with E-state index in [-0.39, 0.29) is 6.54 Å². The summed E-state index contributed by atoms with van der Waals surface area (Å²) in [5.74, 6) is 0. The summed E-state index contributed by atoms with van der Waals surface area (Å²) in [5, 5.41) is 0. The Balaban J connectivity index is 1.91. The highest BCUT2D eigenvalue weighted by molar-refractivity contribution is 6.29. The van der Waals surface area contributed by atoms with E-state index in [4.69, 9.17) is 11.6 Å². The van der Waals surface area contributed by atoms with Crippen molar-refractivity contribution >= 4 is 17.3 Å². The number of hydrogen-bond acceptors (Lipinski definition) is 1. The molecule has 0 aliphatic carbocycles. The van der Waals surface area contributed by atoms with Gasteiger partial charge in [0.1, 0.15) is 0 Å². The summed E-state index contributed by atoms with van der Waals surface area (Å²) in [7, 11) is 0. The molecule has 0 amide bonds. The van der Waals surface area contributed by atoms with Crippen molar-refractivity contribution in [1.82, 2.24) is 0 Å². The molecule has 1 atom stereocenters. The Bertz CT molecular complexity index is 627. The highest BCUT2D eigenvalue weighted by Crippen LogP contribution is 2.52. The minimum absolute atomic E-state index is 0.212. The van der Waals surface area contributed by atoms with Crippen LogP contribution >= 0.6 is 11.6 Å². The molecule has 2 aromatic rings. The number of hydrogen-bond donors (Lipinski definition) is 0. The molecular weight excluding hydrogens is 287 g/mol. The Morgan fingerprint density at radius 3 is 2.20 bits per heavy atom. The topological polar surface area (TPSA) is 3.01 Å². The van der Waals surface area contributed by atoms with Crippen molar-refractivity contribution in [2.75, 3.05) is 11.4 Å². The Hall–Kier alpha value is -1.68. The molecule has 0 saturated carbocycles. The van der Waals surface area contributed by atoms with Crippen LogP contribution in [0.4, 0.5) is 18.9 Å². The summed E-state index contributed by atoms with van der Waals surface area (Å²) in [5.41, 5.74) is 2.32. The number of nitrogens with zero attached hydrogens (tertiary/aromatic N) is 1. The smallest absolute Gasteiger partial charge is 0.340 e. The molecule has 3 rings (SSSR count). The van der Waals surface area contributed by atoms with Crippen molar-refractivity contribution in [3.05, 3.63) is 54.6 Å². The molecule has 0 N–H and O–H groups in total. The fourth-order valence-electron chi connectivity index (χ4n) is 2.20. The largest absolute Gasteiger partial charge is 0.427 e. The van der Waals surface area contributed by atoms with Crippen LogP contribution in [0.5, 0.6) is 0 Å². The number of anilines is 1. The molecule has 104 valence electrons. The molecule has 1 unspecified atom stereocenters. The quantitative estimate of drug-likeness (QED) is 0.442. The molecule has 2 aromatic carbocycles. The van der Waals surface area contributed by atoms with Gasteiger partial charge in [-0.3, -0.25) is 0 Å². The lowest BCUT2D eigenvalue weighted by atomic mass is 10.1. The van der Waals surface area contributed by atoms with Gasteiger partial charge in [-0.05, 0) is 23.3 Å². The molecule has 1 nitrogen and oxygen atoms in total. The van der Waals surface area contributed by atoms with Crippen LogP contribution in [0.2, 0.25) is 0 Å². The zero-order valence-corrected chi connectivity index (χ0v) is 11.1. The van der Waals surface area contributed by atoms with E-state index in [1.54, 1.807) is 18.2 Å². The van der Waals surface area contributed by atoms with Crippen LogP contribution in [0.1, 0.15) is 0 Å². The lowest BCUT2D eigenvalue weighted by Gasteiger charge is -2.15. The molecule has 5 heteroatoms. The van der Waals surface area contributed by atoms with Gasteiger partial charge in [0.25, 0.3) is 0 Å². The highest BCUT2D eigenvalue weighted by Gasteiger charge is 2.69. The molecular formula is C15H11ClF3N. The number of alkyl halides is 4. The normalized spacial score (nSPS) is 21.9. The Morgan fingerprint density at radius 1 is 0.950 bits per heavy atom. The first-order valence-electron chi connectivity index (χ1n) is 6.10. The minimum Gasteiger partial charge on any atom is -0.340 e. The maximum Gasteiger partial charge on any atom is 0.427 e. The van der Waals surface area contributed by atoms with Gasteiger partial charge >= 0.3 is 6.18 Å². The van der Waals surface area contributed by atoms with Crippen LogP contribution in [0, 0.1) is 0 Å². The summed E-state index contributed by atoms with van der Waals surface area (Å²) in [4.78, 5) is -1.09. The summed E-state index contributed by atoms with van der Waals surface area (Å²) < 4.78 is 38.4. The average Bonchev–Trinajstić information content (AvgIpc) is 3.14. The van der Waals surface area contributed by atoms with Crippen molar-refractivity contribution in [3.63, 3.8) is 0 Å². The molecule has 1 aliphatic heterocycles. The van der Waals surface area contributed by atoms with E-state index in [0.717, 1.165) is 16.0 Å². The first-order valence-corrected chi connectivity index (χ1v) is 6.48. The summed E-state index contributed by atoms with van der Waals surface area (Å²) >= 11 is 5.62. The number of rotatable bonds is 2. The number of halogens is 4. The van der Waals surface area contributed by atoms with E-state index in [9.17, 15) is 13.2 Å². The monoisotopic (exact) mass is 297 g/mol. The first-order chi connectivity index (χ1) is 9.42. The Labute approximate surface area is 119 Å². The maximum absolute atomic E-state index is 12.8. The van der Waals surface area contributed by atoms with Gasteiger partial charge in [-0.1, -0.05) is 54.1 Å². The lowest BCUT2D eigenvalue weighted by molar-refractivity contribution is -0.136. The van der Waals surface area contributed by atoms with Gasteiger partial charge in [-0.2, -0.15) is 13.2 Å². The van der Waals surface area contributed by atoms with Gasteiger partial charge in [-0.15, -0.1) is 0 Å². The van der Waals surface area contributed by atoms with Crippen molar-refractivity contribution in [1.29, 1.82) is 0 Å². The molecule has 20 heavy (non-hydrogen) atoms. The van der Waals surface area contributed by atoms with Gasteiger partial charge in [0.15, 0.2) is 0 Å². The van der Waals surface area contributed by atoms with Crippen LogP contribution in [0.3, 0.4) is 0 Å². The average molecular weight is 298 g/mol. The van der Waals surface area contributed by atoms with Gasteiger partial charge in [-0.25, -0.2) is 0 Å². The fourth-order valence-corrected chi connectivity index (χ4v) is 2.41. The lowest BCUT2D eigenvalue weighted by Crippen LogP contribution is -2.31. The second-order valence-corrected chi connectivity index (χ2v) is 5.38. The van der Waals surface area contributed by atoms with Crippen LogP contribution < -0.4 is 4.90 Å². The fraction of sp³-hybridized carbons (Fsp3) is 0.200. The van der Waals surface area contributed by atoms with Crippen molar-refractivity contribution in [2.45, 2.75) is 11.2 Å². The van der Waals surface area contributed by atoms with E-state index in [2.05, 4.69) is 0 Å². The minimum atomic E-state index is -4.43. The molecule has 1 fully saturated rings. The van der Waals surface area contributed by atoms with Crippen molar-refractivity contribution in [2.24, 2.45) is 0 Å². The Kier molecular flexibility index (Phi) is 2.94. The first kappa shape index (κ1) is 13.3. The zero-order valence-electron chi connectivity index (χ0n) is 10.4. The van der Waals surface area contributed by atoms with Gasteiger partial charge in [0.05, 0.1) is 6.54 Å². The van der Waals surface area contributed by atoms with E-state index in [1.807, 2.05) is 36.4 Å². The third-order valence-corrected chi connectivity index (χ3v) is 3.93. The third kappa shape index (κ3) is 2.14. The summed E-state index contributed by atoms with van der Waals surface area (Å²) in [6, 6.07) is 16.5. The summed E-state index contributed by atoms with van der Waals surface area (Å²) in [6.45, 7) is -0.212. The van der Waals surface area contributed by atoms with E-state index < -0.39 is 11.2 Å². The van der Waals surface area contributed by atoms with E-state index in [0.29, 0.717) is 5.69 Å². The molecule has 0 radical (unpaired) electrons. The second kappa shape index (κ2) is 4.42. The molecule has 0 aromatic heterocycles. The van der Waals surface area contributed by atoms with Crippen LogP contribution in [-0.2, 0) is 0 Å². The van der Waals surface area contributed by atoms with Gasteiger partial charge in [0.2, 0.25) is 5.00 Å². The van der Waals surface area contributed by atoms with E-state index >= 15 is 0 Å². The molecule has 0 bridgehead atoms. The van der Waals surface area contributed by atoms with Gasteiger partial charge < -0.3 is 4.90 Å². The predicted octanol–water partition coefficient (Wildman–Crippen LogP) is 4.67. The molecule has 1 heterocycles. The molecule has 0 spiro atoms. The van der Waals surface area contributed by atoms with Gasteiger partial charge in [0, 0.05) is 5.69 Å². The SMILES string of the molecule is FC(F)(F)C1(Cl)CN1c1cccc(-c2ccccc2)c1. The maximum atomic E-state index is 12.8. The van der Waals surface area contributed by atoms with Crippen LogP contribution in [-0.4, -0.2) is 17.7 Å². The highest BCUT2D eigenvalue weighted by atomic mass is 35.5. The van der Waals surface area contributed by atoms with Crippen molar-refractivity contribution < 1.29 is 13.2 Å². The number of benzene rings is 2. The molecule has 1 saturated heterocycles. The zero-order chi connectivity index (χ0) is 14.4. The standard InChI is InChI=1S/C15H11ClF3N/c16-14(15(17,18)19)10-20(14)13-8-4-7-12(9-13)11-5-2-1-3-6-11/h1-9H,10H2. The second-order valence-electron chi connectivity index (χ2n) is 4.76. The third-order valence-electron chi connectivity index (χ3n) is 3.39. The summed E-state index contributed by atoms with van der Waals surface area (Å²) in [6.07, 6.45) is -4.43. The van der Waals surface area contributed by atoms with E-state index in [1.165, 1.54) is 0 Å². The van der Waals surface area contributed by atoms with Crippen LogP contribution in [0.15, 0.2) is 54.6 Å². The van der Waals surface area contributed by atoms with Crippen molar-refractivity contribution in [3.8, 4) is 11.1 Å².